The summed E-state index contributed by atoms with van der Waals surface area (Å²) in [4.78, 5) is 0. The van der Waals surface area contributed by atoms with Crippen LogP contribution in [0.5, 0.6) is 0 Å². The zero-order valence-corrected chi connectivity index (χ0v) is 7.49. The van der Waals surface area contributed by atoms with Crippen molar-refractivity contribution in [3.63, 3.8) is 0 Å². The Balaban J connectivity index is 2.45. The molecule has 0 aromatic heterocycles. The van der Waals surface area contributed by atoms with Gasteiger partial charge in [0.1, 0.15) is 5.67 Å². The predicted octanol–water partition coefficient (Wildman–Crippen LogP) is 2.12. The molecule has 1 fully saturated rings. The molecular weight excluding hydrogens is 141 g/mol. The van der Waals surface area contributed by atoms with Gasteiger partial charge in [0.05, 0.1) is 0 Å². The molecule has 2 heteroatoms. The Labute approximate surface area is 68.4 Å². The maximum absolute atomic E-state index is 13.7. The minimum Gasteiger partial charge on any atom is -0.314 e. The van der Waals surface area contributed by atoms with Crippen molar-refractivity contribution in [1.29, 1.82) is 0 Å². The van der Waals surface area contributed by atoms with E-state index in [2.05, 4.69) is 12.2 Å². The summed E-state index contributed by atoms with van der Waals surface area (Å²) in [6.45, 7) is 5.37. The van der Waals surface area contributed by atoms with Gasteiger partial charge in [0.2, 0.25) is 0 Å². The predicted molar refractivity (Wildman–Crippen MR) is 45.4 cm³/mol. The van der Waals surface area contributed by atoms with Crippen LogP contribution in [0.4, 0.5) is 4.39 Å². The summed E-state index contributed by atoms with van der Waals surface area (Å²) in [5.74, 6) is 0.286. The zero-order valence-electron chi connectivity index (χ0n) is 7.49. The molecule has 0 bridgehead atoms. The molecule has 0 spiro atoms. The van der Waals surface area contributed by atoms with E-state index in [1.807, 2.05) is 0 Å². The molecule has 66 valence electrons. The smallest absolute Gasteiger partial charge is 0.123 e. The quantitative estimate of drug-likeness (QED) is 0.650. The highest BCUT2D eigenvalue weighted by atomic mass is 19.1. The standard InChI is InChI=1S/C9H18FN/c1-3-4-8-5-6-11-7-9(8,2)10/h8,11H,3-7H2,1-2H3. The molecule has 1 rings (SSSR count). The number of rotatable bonds is 2. The second kappa shape index (κ2) is 3.53. The van der Waals surface area contributed by atoms with Crippen LogP contribution in [0, 0.1) is 5.92 Å². The van der Waals surface area contributed by atoms with Crippen LogP contribution in [0.15, 0.2) is 0 Å². The van der Waals surface area contributed by atoms with Crippen molar-refractivity contribution < 1.29 is 4.39 Å². The van der Waals surface area contributed by atoms with Crippen LogP contribution in [0.3, 0.4) is 0 Å². The van der Waals surface area contributed by atoms with Crippen LogP contribution in [0.1, 0.15) is 33.1 Å². The molecule has 0 aromatic carbocycles. The van der Waals surface area contributed by atoms with Gasteiger partial charge in [-0.3, -0.25) is 0 Å². The van der Waals surface area contributed by atoms with Crippen LogP contribution in [0.25, 0.3) is 0 Å². The lowest BCUT2D eigenvalue weighted by Gasteiger charge is -2.35. The van der Waals surface area contributed by atoms with Crippen molar-refractivity contribution in [2.24, 2.45) is 5.92 Å². The Morgan fingerprint density at radius 1 is 1.64 bits per heavy atom. The third kappa shape index (κ3) is 2.16. The van der Waals surface area contributed by atoms with Gasteiger partial charge in [0.25, 0.3) is 0 Å². The van der Waals surface area contributed by atoms with Crippen LogP contribution in [0.2, 0.25) is 0 Å². The highest BCUT2D eigenvalue weighted by Crippen LogP contribution is 2.30. The average Bonchev–Trinajstić information content (AvgIpc) is 1.94. The van der Waals surface area contributed by atoms with E-state index in [1.165, 1.54) is 0 Å². The fourth-order valence-electron chi connectivity index (χ4n) is 1.85. The van der Waals surface area contributed by atoms with Crippen LogP contribution >= 0.6 is 0 Å². The van der Waals surface area contributed by atoms with Gasteiger partial charge < -0.3 is 5.32 Å². The summed E-state index contributed by atoms with van der Waals surface area (Å²) >= 11 is 0. The Hall–Kier alpha value is -0.110. The lowest BCUT2D eigenvalue weighted by molar-refractivity contribution is 0.0652. The molecule has 0 aliphatic carbocycles. The first-order chi connectivity index (χ1) is 5.17. The maximum atomic E-state index is 13.7. The molecule has 0 saturated carbocycles. The fraction of sp³-hybridized carbons (Fsp3) is 1.00. The second-order valence-electron chi connectivity index (χ2n) is 3.73. The van der Waals surface area contributed by atoms with Gasteiger partial charge in [-0.05, 0) is 32.2 Å². The molecule has 2 atom stereocenters. The summed E-state index contributed by atoms with van der Waals surface area (Å²) in [7, 11) is 0. The number of alkyl halides is 1. The lowest BCUT2D eigenvalue weighted by Crippen LogP contribution is -2.46. The molecule has 1 heterocycles. The summed E-state index contributed by atoms with van der Waals surface area (Å²) in [5.41, 5.74) is -0.964. The number of hydrogen-bond donors (Lipinski definition) is 1. The van der Waals surface area contributed by atoms with Crippen LogP contribution in [-0.4, -0.2) is 18.8 Å². The summed E-state index contributed by atoms with van der Waals surface area (Å²) < 4.78 is 13.7. The first-order valence-electron chi connectivity index (χ1n) is 4.56. The van der Waals surface area contributed by atoms with Gasteiger partial charge in [-0.1, -0.05) is 13.3 Å². The van der Waals surface area contributed by atoms with Gasteiger partial charge in [0.15, 0.2) is 0 Å². The highest BCUT2D eigenvalue weighted by molar-refractivity contribution is 4.88. The number of nitrogens with one attached hydrogen (secondary N) is 1. The third-order valence-corrected chi connectivity index (χ3v) is 2.63. The van der Waals surface area contributed by atoms with E-state index in [9.17, 15) is 4.39 Å². The summed E-state index contributed by atoms with van der Waals surface area (Å²) in [6, 6.07) is 0. The molecule has 1 nitrogen and oxygen atoms in total. The Bertz CT molecular complexity index is 121. The van der Waals surface area contributed by atoms with Crippen molar-refractivity contribution in [1.82, 2.24) is 5.32 Å². The van der Waals surface area contributed by atoms with Gasteiger partial charge in [-0.15, -0.1) is 0 Å². The SMILES string of the molecule is CCCC1CCNCC1(C)F. The largest absolute Gasteiger partial charge is 0.314 e. The fourth-order valence-corrected chi connectivity index (χ4v) is 1.85. The molecule has 1 aliphatic heterocycles. The number of piperidine rings is 1. The average molecular weight is 159 g/mol. The van der Waals surface area contributed by atoms with Gasteiger partial charge in [0, 0.05) is 6.54 Å². The van der Waals surface area contributed by atoms with E-state index in [0.29, 0.717) is 6.54 Å². The van der Waals surface area contributed by atoms with E-state index in [-0.39, 0.29) is 5.92 Å². The molecule has 0 aromatic rings. The van der Waals surface area contributed by atoms with Crippen molar-refractivity contribution in [3.05, 3.63) is 0 Å². The van der Waals surface area contributed by atoms with Gasteiger partial charge in [-0.25, -0.2) is 4.39 Å². The first kappa shape index (κ1) is 8.98. The van der Waals surface area contributed by atoms with Gasteiger partial charge in [-0.2, -0.15) is 0 Å². The van der Waals surface area contributed by atoms with E-state index < -0.39 is 5.67 Å². The van der Waals surface area contributed by atoms with E-state index in [0.717, 1.165) is 25.8 Å². The normalized spacial score (nSPS) is 39.0. The third-order valence-electron chi connectivity index (χ3n) is 2.63. The van der Waals surface area contributed by atoms with Crippen molar-refractivity contribution in [2.75, 3.05) is 13.1 Å². The maximum Gasteiger partial charge on any atom is 0.123 e. The topological polar surface area (TPSA) is 12.0 Å². The Morgan fingerprint density at radius 2 is 2.36 bits per heavy atom. The van der Waals surface area contributed by atoms with Crippen molar-refractivity contribution in [2.45, 2.75) is 38.8 Å². The molecule has 2 unspecified atom stereocenters. The molecule has 0 amide bonds. The summed E-state index contributed by atoms with van der Waals surface area (Å²) in [5, 5.41) is 3.09. The molecule has 11 heavy (non-hydrogen) atoms. The van der Waals surface area contributed by atoms with Crippen molar-refractivity contribution >= 4 is 0 Å². The second-order valence-corrected chi connectivity index (χ2v) is 3.73. The van der Waals surface area contributed by atoms with Crippen LogP contribution in [-0.2, 0) is 0 Å². The molecule has 1 N–H and O–H groups in total. The minimum absolute atomic E-state index is 0.286. The molecule has 0 radical (unpaired) electrons. The molecular formula is C9H18FN. The first-order valence-corrected chi connectivity index (χ1v) is 4.56. The lowest BCUT2D eigenvalue weighted by atomic mass is 9.82. The van der Waals surface area contributed by atoms with E-state index in [1.54, 1.807) is 6.92 Å². The van der Waals surface area contributed by atoms with E-state index in [4.69, 9.17) is 0 Å². The van der Waals surface area contributed by atoms with Crippen molar-refractivity contribution in [3.8, 4) is 0 Å². The molecule has 1 saturated heterocycles. The minimum atomic E-state index is -0.964. The Morgan fingerprint density at radius 3 is 2.91 bits per heavy atom. The molecule has 1 aliphatic rings. The number of hydrogen-bond acceptors (Lipinski definition) is 1. The zero-order chi connectivity index (χ0) is 8.32. The Kier molecular flexibility index (Phi) is 2.88. The monoisotopic (exact) mass is 159 g/mol. The van der Waals surface area contributed by atoms with E-state index >= 15 is 0 Å². The van der Waals surface area contributed by atoms with Gasteiger partial charge >= 0.3 is 0 Å². The number of halogens is 1. The summed E-state index contributed by atoms with van der Waals surface area (Å²) in [6.07, 6.45) is 3.14. The highest BCUT2D eigenvalue weighted by Gasteiger charge is 2.35. The van der Waals surface area contributed by atoms with Crippen LogP contribution < -0.4 is 5.32 Å².